The highest BCUT2D eigenvalue weighted by Crippen LogP contribution is 2.22. The number of likely N-dealkylation sites (tertiary alicyclic amines) is 1. The summed E-state index contributed by atoms with van der Waals surface area (Å²) in [5.41, 5.74) is 3.42. The number of carbonyl (C=O) groups is 2. The van der Waals surface area contributed by atoms with Crippen molar-refractivity contribution in [1.82, 2.24) is 14.9 Å². The van der Waals surface area contributed by atoms with E-state index >= 15 is 0 Å². The summed E-state index contributed by atoms with van der Waals surface area (Å²) in [6, 6.07) is 12.4. The van der Waals surface area contributed by atoms with Gasteiger partial charge >= 0.3 is 0 Å². The normalized spacial score (nSPS) is 16.8. The number of imidazole rings is 1. The smallest absolute Gasteiger partial charge is 0.229 e. The third kappa shape index (κ3) is 3.76. The highest BCUT2D eigenvalue weighted by molar-refractivity contribution is 5.98. The van der Waals surface area contributed by atoms with E-state index in [1.54, 1.807) is 29.4 Å². The molecule has 138 valence electrons. The molecule has 4 rings (SSSR count). The maximum absolute atomic E-state index is 12.5. The van der Waals surface area contributed by atoms with Crippen molar-refractivity contribution >= 4 is 28.5 Å². The zero-order valence-corrected chi connectivity index (χ0v) is 14.7. The average molecular weight is 364 g/mol. The van der Waals surface area contributed by atoms with Crippen molar-refractivity contribution in [3.63, 3.8) is 0 Å². The van der Waals surface area contributed by atoms with Crippen molar-refractivity contribution in [2.75, 3.05) is 18.4 Å². The summed E-state index contributed by atoms with van der Waals surface area (Å²) in [7, 11) is 0. The molecule has 0 bridgehead atoms. The molecule has 0 unspecified atom stereocenters. The summed E-state index contributed by atoms with van der Waals surface area (Å²) < 4.78 is 0. The van der Waals surface area contributed by atoms with Crippen LogP contribution in [0.5, 0.6) is 5.75 Å². The Balaban J connectivity index is 1.34. The first-order valence-corrected chi connectivity index (χ1v) is 8.88. The Hall–Kier alpha value is -3.35. The van der Waals surface area contributed by atoms with E-state index in [4.69, 9.17) is 0 Å². The number of aromatic nitrogens is 2. The van der Waals surface area contributed by atoms with E-state index in [2.05, 4.69) is 15.3 Å². The van der Waals surface area contributed by atoms with Gasteiger partial charge in [0.15, 0.2) is 0 Å². The quantitative estimate of drug-likeness (QED) is 0.647. The number of amides is 2. The Bertz CT molecular complexity index is 980. The van der Waals surface area contributed by atoms with Gasteiger partial charge in [0.2, 0.25) is 11.8 Å². The molecule has 7 nitrogen and oxygen atoms in total. The molecule has 0 aliphatic carbocycles. The van der Waals surface area contributed by atoms with Crippen LogP contribution in [0.15, 0.2) is 48.8 Å². The number of fused-ring (bicyclic) bond motifs is 1. The van der Waals surface area contributed by atoms with Gasteiger partial charge < -0.3 is 20.3 Å². The molecule has 1 atom stereocenters. The lowest BCUT2D eigenvalue weighted by atomic mass is 10.1. The molecule has 2 heterocycles. The largest absolute Gasteiger partial charge is 0.508 e. The van der Waals surface area contributed by atoms with Crippen LogP contribution in [-0.2, 0) is 16.0 Å². The summed E-state index contributed by atoms with van der Waals surface area (Å²) in [4.78, 5) is 33.7. The van der Waals surface area contributed by atoms with Crippen LogP contribution in [-0.4, -0.2) is 44.9 Å². The van der Waals surface area contributed by atoms with Gasteiger partial charge in [-0.2, -0.15) is 0 Å². The van der Waals surface area contributed by atoms with E-state index < -0.39 is 0 Å². The Morgan fingerprint density at radius 3 is 2.89 bits per heavy atom. The van der Waals surface area contributed by atoms with E-state index in [1.165, 1.54) is 0 Å². The Labute approximate surface area is 156 Å². The average Bonchev–Trinajstić information content (AvgIpc) is 3.27. The van der Waals surface area contributed by atoms with Crippen molar-refractivity contribution in [2.24, 2.45) is 5.92 Å². The van der Waals surface area contributed by atoms with Gasteiger partial charge in [-0.25, -0.2) is 4.98 Å². The van der Waals surface area contributed by atoms with Crippen LogP contribution < -0.4 is 5.32 Å². The molecule has 0 saturated carbocycles. The van der Waals surface area contributed by atoms with Gasteiger partial charge in [0.25, 0.3) is 0 Å². The number of nitrogens with one attached hydrogen (secondary N) is 2. The number of aromatic hydroxyl groups is 1. The van der Waals surface area contributed by atoms with Crippen LogP contribution in [0.25, 0.3) is 11.0 Å². The van der Waals surface area contributed by atoms with E-state index in [-0.39, 0.29) is 29.9 Å². The monoisotopic (exact) mass is 364 g/mol. The predicted molar refractivity (Wildman–Crippen MR) is 101 cm³/mol. The second-order valence-electron chi connectivity index (χ2n) is 6.78. The first kappa shape index (κ1) is 17.1. The molecular formula is C20H20N4O3. The summed E-state index contributed by atoms with van der Waals surface area (Å²) in [5, 5.41) is 12.2. The zero-order valence-electron chi connectivity index (χ0n) is 14.7. The summed E-state index contributed by atoms with van der Waals surface area (Å²) in [5.74, 6) is -0.275. The fourth-order valence-corrected chi connectivity index (χ4v) is 3.35. The van der Waals surface area contributed by atoms with Gasteiger partial charge in [-0.05, 0) is 42.3 Å². The number of rotatable bonds is 5. The molecule has 2 aromatic carbocycles. The fourth-order valence-electron chi connectivity index (χ4n) is 3.35. The minimum atomic E-state index is -0.352. The topological polar surface area (TPSA) is 98.3 Å². The number of phenolic OH excluding ortho intramolecular Hbond substituents is 1. The van der Waals surface area contributed by atoms with Crippen molar-refractivity contribution in [2.45, 2.75) is 12.8 Å². The fraction of sp³-hybridized carbons (Fsp3) is 0.250. The number of carbonyl (C=O) groups excluding carboxylic acids is 2. The number of phenols is 1. The van der Waals surface area contributed by atoms with Gasteiger partial charge in [-0.3, -0.25) is 9.59 Å². The number of benzene rings is 2. The third-order valence-corrected chi connectivity index (χ3v) is 4.88. The molecule has 1 aliphatic heterocycles. The van der Waals surface area contributed by atoms with Gasteiger partial charge in [-0.1, -0.05) is 12.1 Å². The maximum Gasteiger partial charge on any atom is 0.229 e. The number of H-pyrrole nitrogens is 1. The van der Waals surface area contributed by atoms with Crippen LogP contribution in [0.3, 0.4) is 0 Å². The lowest BCUT2D eigenvalue weighted by Crippen LogP contribution is -2.30. The third-order valence-electron chi connectivity index (χ3n) is 4.88. The number of aromatic amines is 1. The zero-order chi connectivity index (χ0) is 18.8. The van der Waals surface area contributed by atoms with Gasteiger partial charge in [0.1, 0.15) is 5.75 Å². The van der Waals surface area contributed by atoms with Crippen LogP contribution in [0.2, 0.25) is 0 Å². The summed E-state index contributed by atoms with van der Waals surface area (Å²) >= 11 is 0. The Morgan fingerprint density at radius 2 is 2.07 bits per heavy atom. The molecule has 1 saturated heterocycles. The van der Waals surface area contributed by atoms with E-state index in [9.17, 15) is 14.7 Å². The molecule has 27 heavy (non-hydrogen) atoms. The molecule has 3 aromatic rings. The van der Waals surface area contributed by atoms with Crippen LogP contribution in [0.4, 0.5) is 5.69 Å². The minimum Gasteiger partial charge on any atom is -0.508 e. The molecule has 3 N–H and O–H groups in total. The first-order valence-electron chi connectivity index (χ1n) is 8.88. The lowest BCUT2D eigenvalue weighted by Gasteiger charge is -2.16. The molecule has 2 amide bonds. The number of hydrogen-bond donors (Lipinski definition) is 3. The lowest BCUT2D eigenvalue weighted by molar-refractivity contribution is -0.128. The highest BCUT2D eigenvalue weighted by atomic mass is 16.3. The van der Waals surface area contributed by atoms with Crippen molar-refractivity contribution in [3.05, 3.63) is 54.4 Å². The van der Waals surface area contributed by atoms with Crippen molar-refractivity contribution in [1.29, 1.82) is 0 Å². The number of hydrogen-bond acceptors (Lipinski definition) is 4. The summed E-state index contributed by atoms with van der Waals surface area (Å²) in [6.07, 6.45) is 2.53. The molecule has 1 aromatic heterocycles. The predicted octanol–water partition coefficient (Wildman–Crippen LogP) is 2.30. The van der Waals surface area contributed by atoms with Crippen molar-refractivity contribution < 1.29 is 14.7 Å². The Morgan fingerprint density at radius 1 is 1.26 bits per heavy atom. The van der Waals surface area contributed by atoms with Gasteiger partial charge in [-0.15, -0.1) is 0 Å². The van der Waals surface area contributed by atoms with E-state index in [0.29, 0.717) is 25.2 Å². The van der Waals surface area contributed by atoms with Gasteiger partial charge in [0, 0.05) is 25.2 Å². The number of anilines is 1. The standard InChI is InChI=1S/C20H20N4O3/c25-16-4-1-13(2-5-16)7-8-24-11-14(9-19(24)26)20(27)23-15-3-6-17-18(10-15)22-12-21-17/h1-6,10,12,14,25H,7-9,11H2,(H,21,22)(H,23,27)/t14-/m0/s1. The van der Waals surface area contributed by atoms with E-state index in [0.717, 1.165) is 16.6 Å². The van der Waals surface area contributed by atoms with Crippen LogP contribution in [0.1, 0.15) is 12.0 Å². The SMILES string of the molecule is O=C(Nc1ccc2nc[nH]c2c1)[C@H]1CC(=O)N(CCc2ccc(O)cc2)C1. The van der Waals surface area contributed by atoms with Gasteiger partial charge in [0.05, 0.1) is 23.3 Å². The second-order valence-corrected chi connectivity index (χ2v) is 6.78. The second kappa shape index (κ2) is 7.11. The molecular weight excluding hydrogens is 344 g/mol. The molecule has 1 fully saturated rings. The highest BCUT2D eigenvalue weighted by Gasteiger charge is 2.34. The van der Waals surface area contributed by atoms with Crippen LogP contribution >= 0.6 is 0 Å². The Kier molecular flexibility index (Phi) is 4.50. The summed E-state index contributed by atoms with van der Waals surface area (Å²) in [6.45, 7) is 0.989. The molecule has 0 radical (unpaired) electrons. The molecule has 7 heteroatoms. The van der Waals surface area contributed by atoms with E-state index in [1.807, 2.05) is 24.3 Å². The maximum atomic E-state index is 12.5. The number of nitrogens with zero attached hydrogens (tertiary/aromatic N) is 2. The molecule has 0 spiro atoms. The minimum absolute atomic E-state index is 0.00190. The first-order chi connectivity index (χ1) is 13.1. The molecule has 1 aliphatic rings. The van der Waals surface area contributed by atoms with Crippen LogP contribution in [0, 0.1) is 5.92 Å². The van der Waals surface area contributed by atoms with Crippen molar-refractivity contribution in [3.8, 4) is 5.75 Å².